The Morgan fingerprint density at radius 3 is 1.50 bits per heavy atom. The second-order valence-corrected chi connectivity index (χ2v) is 9.69. The van der Waals surface area contributed by atoms with Crippen LogP contribution in [0.15, 0.2) is 133 Å². The van der Waals surface area contributed by atoms with E-state index in [0.29, 0.717) is 5.76 Å². The molecule has 0 aromatic heterocycles. The number of rotatable bonds is 6. The van der Waals surface area contributed by atoms with Gasteiger partial charge in [-0.3, -0.25) is 0 Å². The van der Waals surface area contributed by atoms with Crippen molar-refractivity contribution in [2.75, 3.05) is 38.0 Å². The molecule has 188 valence electrons. The zero-order valence-corrected chi connectivity index (χ0v) is 22.3. The van der Waals surface area contributed by atoms with Gasteiger partial charge in [-0.25, -0.2) is 0 Å². The van der Waals surface area contributed by atoms with Gasteiger partial charge in [0.05, 0.1) is 0 Å². The van der Waals surface area contributed by atoms with E-state index in [2.05, 4.69) is 141 Å². The molecule has 38 heavy (non-hydrogen) atoms. The average molecular weight is 497 g/mol. The molecule has 4 aromatic rings. The van der Waals surface area contributed by atoms with E-state index in [0.717, 1.165) is 50.5 Å². The molecule has 0 atom stereocenters. The molecule has 0 amide bonds. The fourth-order valence-electron chi connectivity index (χ4n) is 4.39. The van der Waals surface area contributed by atoms with Gasteiger partial charge in [-0.1, -0.05) is 90.7 Å². The predicted molar refractivity (Wildman–Crippen MR) is 161 cm³/mol. The summed E-state index contributed by atoms with van der Waals surface area (Å²) in [5.74, 6) is 1.48. The van der Waals surface area contributed by atoms with Crippen molar-refractivity contribution in [3.8, 4) is 0 Å². The molecular weight excluding hydrogens is 464 g/mol. The molecule has 0 aliphatic carbocycles. The lowest BCUT2D eigenvalue weighted by Gasteiger charge is -2.18. The van der Waals surface area contributed by atoms with Gasteiger partial charge in [0.2, 0.25) is 0 Å². The monoisotopic (exact) mass is 496 g/mol. The number of nitrogens with zero attached hydrogens (tertiary/aromatic N) is 2. The summed E-state index contributed by atoms with van der Waals surface area (Å²) in [5.41, 5.74) is 12.3. The molecule has 1 heterocycles. The zero-order valence-electron chi connectivity index (χ0n) is 22.3. The molecule has 3 nitrogen and oxygen atoms in total. The van der Waals surface area contributed by atoms with Crippen molar-refractivity contribution < 1.29 is 4.74 Å². The minimum atomic E-state index is 0.675. The molecule has 0 unspecified atom stereocenters. The van der Waals surface area contributed by atoms with Crippen LogP contribution in [0.25, 0.3) is 16.9 Å². The van der Waals surface area contributed by atoms with Gasteiger partial charge in [0, 0.05) is 50.7 Å². The normalized spacial score (nSPS) is 12.6. The summed E-state index contributed by atoms with van der Waals surface area (Å²) in [5, 5.41) is 0. The quantitative estimate of drug-likeness (QED) is 0.253. The van der Waals surface area contributed by atoms with E-state index in [1.165, 1.54) is 0 Å². The minimum Gasteiger partial charge on any atom is -0.448 e. The smallest absolute Gasteiger partial charge is 0.171 e. The standard InChI is InChI=1S/C35H32N2O/c1-36(2)31-19-15-27(16-20-31)34(28-17-21-32(22-18-28)37(3)4)25-33-23-30(26-11-7-5-8-12-26)24-35(38-33)29-13-9-6-10-14-29/h5-24H,1-4H3. The van der Waals surface area contributed by atoms with Crippen LogP contribution < -0.4 is 9.80 Å². The van der Waals surface area contributed by atoms with Crippen molar-refractivity contribution >= 4 is 28.3 Å². The molecular formula is C35H32N2O. The topological polar surface area (TPSA) is 15.7 Å². The lowest BCUT2D eigenvalue weighted by Crippen LogP contribution is -2.08. The maximum atomic E-state index is 6.47. The summed E-state index contributed by atoms with van der Waals surface area (Å²) in [6.45, 7) is 0. The van der Waals surface area contributed by atoms with E-state index < -0.39 is 0 Å². The summed E-state index contributed by atoms with van der Waals surface area (Å²) in [6, 6.07) is 37.8. The van der Waals surface area contributed by atoms with E-state index in [-0.39, 0.29) is 0 Å². The van der Waals surface area contributed by atoms with Crippen LogP contribution in [0.4, 0.5) is 11.4 Å². The highest BCUT2D eigenvalue weighted by atomic mass is 16.5. The summed E-state index contributed by atoms with van der Waals surface area (Å²) in [4.78, 5) is 4.21. The maximum absolute atomic E-state index is 6.47. The Kier molecular flexibility index (Phi) is 7.31. The molecule has 3 heteroatoms. The van der Waals surface area contributed by atoms with Crippen LogP contribution >= 0.6 is 0 Å². The molecule has 0 saturated heterocycles. The Labute approximate surface area is 225 Å². The molecule has 1 aliphatic heterocycles. The van der Waals surface area contributed by atoms with Gasteiger partial charge in [0.25, 0.3) is 0 Å². The van der Waals surface area contributed by atoms with E-state index in [9.17, 15) is 0 Å². The highest BCUT2D eigenvalue weighted by molar-refractivity contribution is 5.87. The number of allylic oxidation sites excluding steroid dienone is 3. The highest BCUT2D eigenvalue weighted by Crippen LogP contribution is 2.33. The van der Waals surface area contributed by atoms with Crippen molar-refractivity contribution in [1.82, 2.24) is 0 Å². The van der Waals surface area contributed by atoms with Crippen molar-refractivity contribution in [3.05, 3.63) is 155 Å². The van der Waals surface area contributed by atoms with Crippen molar-refractivity contribution in [3.63, 3.8) is 0 Å². The minimum absolute atomic E-state index is 0.675. The van der Waals surface area contributed by atoms with E-state index in [1.807, 2.05) is 24.3 Å². The number of ether oxygens (including phenoxy) is 1. The first-order chi connectivity index (χ1) is 18.5. The van der Waals surface area contributed by atoms with Crippen LogP contribution in [0.3, 0.4) is 0 Å². The maximum Gasteiger partial charge on any atom is 0.171 e. The Bertz CT molecular complexity index is 1470. The number of hydrogen-bond donors (Lipinski definition) is 0. The third-order valence-electron chi connectivity index (χ3n) is 6.55. The Morgan fingerprint density at radius 2 is 1.03 bits per heavy atom. The van der Waals surface area contributed by atoms with Gasteiger partial charge >= 0.3 is 0 Å². The predicted octanol–water partition coefficient (Wildman–Crippen LogP) is 7.89. The van der Waals surface area contributed by atoms with Gasteiger partial charge in [-0.2, -0.15) is 0 Å². The Morgan fingerprint density at radius 1 is 0.553 bits per heavy atom. The first-order valence-corrected chi connectivity index (χ1v) is 12.8. The Hall–Kier alpha value is -4.72. The van der Waals surface area contributed by atoms with Gasteiger partial charge in [0.15, 0.2) is 5.76 Å². The molecule has 0 fully saturated rings. The fraction of sp³-hybridized carbons (Fsp3) is 0.114. The van der Waals surface area contributed by atoms with Crippen molar-refractivity contribution in [2.45, 2.75) is 0 Å². The molecule has 0 spiro atoms. The van der Waals surface area contributed by atoms with Crippen LogP contribution in [0.2, 0.25) is 0 Å². The molecule has 5 rings (SSSR count). The second kappa shape index (κ2) is 11.1. The lowest BCUT2D eigenvalue weighted by molar-refractivity contribution is 0.399. The molecule has 0 radical (unpaired) electrons. The van der Waals surface area contributed by atoms with Crippen molar-refractivity contribution in [2.24, 2.45) is 0 Å². The SMILES string of the molecule is CN(C)c1ccc(C(=C=C2C=C(c3ccccc3)C=C(c3ccccc3)O2)c2ccc(N(C)C)cc2)cc1. The van der Waals surface area contributed by atoms with E-state index in [4.69, 9.17) is 4.74 Å². The van der Waals surface area contributed by atoms with Crippen LogP contribution in [-0.2, 0) is 4.74 Å². The van der Waals surface area contributed by atoms with Crippen LogP contribution in [-0.4, -0.2) is 28.2 Å². The van der Waals surface area contributed by atoms with Crippen molar-refractivity contribution in [1.29, 1.82) is 0 Å². The molecule has 0 saturated carbocycles. The first kappa shape index (κ1) is 25.0. The summed E-state index contributed by atoms with van der Waals surface area (Å²) < 4.78 is 6.47. The highest BCUT2D eigenvalue weighted by Gasteiger charge is 2.15. The largest absolute Gasteiger partial charge is 0.448 e. The number of benzene rings is 4. The second-order valence-electron chi connectivity index (χ2n) is 9.69. The number of anilines is 2. The molecule has 0 N–H and O–H groups in total. The van der Waals surface area contributed by atoms with Crippen LogP contribution in [0.5, 0.6) is 0 Å². The fourth-order valence-corrected chi connectivity index (χ4v) is 4.39. The third kappa shape index (κ3) is 5.64. The molecule has 4 aromatic carbocycles. The van der Waals surface area contributed by atoms with Gasteiger partial charge in [-0.15, -0.1) is 0 Å². The van der Waals surface area contributed by atoms with Crippen LogP contribution in [0, 0.1) is 0 Å². The Balaban J connectivity index is 1.70. The van der Waals surface area contributed by atoms with Crippen LogP contribution in [0.1, 0.15) is 22.3 Å². The number of hydrogen-bond acceptors (Lipinski definition) is 3. The van der Waals surface area contributed by atoms with Gasteiger partial charge < -0.3 is 14.5 Å². The molecule has 0 bridgehead atoms. The summed E-state index contributed by atoms with van der Waals surface area (Å²) in [6.07, 6.45) is 4.18. The lowest BCUT2D eigenvalue weighted by atomic mass is 9.96. The molecule has 1 aliphatic rings. The van der Waals surface area contributed by atoms with Gasteiger partial charge in [-0.05, 0) is 58.7 Å². The summed E-state index contributed by atoms with van der Waals surface area (Å²) >= 11 is 0. The average Bonchev–Trinajstić information content (AvgIpc) is 2.97. The summed E-state index contributed by atoms with van der Waals surface area (Å²) in [7, 11) is 8.21. The van der Waals surface area contributed by atoms with E-state index >= 15 is 0 Å². The van der Waals surface area contributed by atoms with Gasteiger partial charge in [0.1, 0.15) is 5.76 Å². The van der Waals surface area contributed by atoms with E-state index in [1.54, 1.807) is 0 Å². The zero-order chi connectivity index (χ0) is 26.5. The first-order valence-electron chi connectivity index (χ1n) is 12.8. The third-order valence-corrected chi connectivity index (χ3v) is 6.55.